The van der Waals surface area contributed by atoms with Gasteiger partial charge in [0.15, 0.2) is 0 Å². The molecule has 0 aromatic heterocycles. The Morgan fingerprint density at radius 2 is 1.85 bits per heavy atom. The van der Waals surface area contributed by atoms with Crippen LogP contribution in [-0.4, -0.2) is 31.1 Å². The maximum atomic E-state index is 3.63. The van der Waals surface area contributed by atoms with Gasteiger partial charge in [0, 0.05) is 6.54 Å². The van der Waals surface area contributed by atoms with Crippen LogP contribution in [0, 0.1) is 11.8 Å². The van der Waals surface area contributed by atoms with E-state index in [9.17, 15) is 0 Å². The van der Waals surface area contributed by atoms with Crippen molar-refractivity contribution in [2.24, 2.45) is 11.8 Å². The fraction of sp³-hybridized carbons (Fsp3) is 0.667. The first-order valence-corrected chi connectivity index (χ1v) is 8.21. The minimum Gasteiger partial charge on any atom is -0.316 e. The molecule has 1 aromatic carbocycles. The molecule has 1 aliphatic heterocycles. The van der Waals surface area contributed by atoms with Crippen molar-refractivity contribution in [1.82, 2.24) is 10.2 Å². The number of rotatable bonds is 7. The Labute approximate surface area is 124 Å². The molecule has 2 nitrogen and oxygen atoms in total. The standard InChI is InChI=1S/C18H30N2/c1-16(2)8-11-19-14-17-9-12-20(13-10-17)15-18-6-4-3-5-7-18/h3-7,16-17,19H,8-15H2,1-2H3. The van der Waals surface area contributed by atoms with Crippen LogP contribution in [0.1, 0.15) is 38.7 Å². The number of nitrogens with one attached hydrogen (secondary N) is 1. The third-order valence-electron chi connectivity index (χ3n) is 4.29. The molecular formula is C18H30N2. The highest BCUT2D eigenvalue weighted by Gasteiger charge is 2.18. The summed E-state index contributed by atoms with van der Waals surface area (Å²) in [6.07, 6.45) is 4.00. The normalized spacial score (nSPS) is 17.8. The van der Waals surface area contributed by atoms with Crippen LogP contribution in [-0.2, 0) is 6.54 Å². The zero-order valence-corrected chi connectivity index (χ0v) is 13.1. The summed E-state index contributed by atoms with van der Waals surface area (Å²) in [5.74, 6) is 1.70. The van der Waals surface area contributed by atoms with Gasteiger partial charge in [-0.25, -0.2) is 0 Å². The molecule has 1 aromatic rings. The van der Waals surface area contributed by atoms with Crippen LogP contribution in [0.4, 0.5) is 0 Å². The summed E-state index contributed by atoms with van der Waals surface area (Å²) in [6.45, 7) is 10.6. The van der Waals surface area contributed by atoms with Gasteiger partial charge in [0.05, 0.1) is 0 Å². The highest BCUT2D eigenvalue weighted by molar-refractivity contribution is 5.14. The lowest BCUT2D eigenvalue weighted by Crippen LogP contribution is -2.37. The van der Waals surface area contributed by atoms with Crippen LogP contribution < -0.4 is 5.32 Å². The fourth-order valence-electron chi connectivity index (χ4n) is 2.89. The van der Waals surface area contributed by atoms with Crippen molar-refractivity contribution in [1.29, 1.82) is 0 Å². The molecule has 0 atom stereocenters. The van der Waals surface area contributed by atoms with Gasteiger partial charge in [-0.2, -0.15) is 0 Å². The molecule has 0 amide bonds. The van der Waals surface area contributed by atoms with Gasteiger partial charge in [-0.3, -0.25) is 4.90 Å². The van der Waals surface area contributed by atoms with Crippen molar-refractivity contribution in [2.75, 3.05) is 26.2 Å². The summed E-state index contributed by atoms with van der Waals surface area (Å²) in [5.41, 5.74) is 1.45. The molecule has 0 saturated carbocycles. The smallest absolute Gasteiger partial charge is 0.0233 e. The second-order valence-electron chi connectivity index (χ2n) is 6.59. The van der Waals surface area contributed by atoms with E-state index in [1.54, 1.807) is 0 Å². The van der Waals surface area contributed by atoms with Gasteiger partial charge >= 0.3 is 0 Å². The van der Waals surface area contributed by atoms with Gasteiger partial charge in [-0.1, -0.05) is 44.2 Å². The molecule has 0 radical (unpaired) electrons. The Balaban J connectivity index is 1.60. The summed E-state index contributed by atoms with van der Waals surface area (Å²) in [6, 6.07) is 10.8. The van der Waals surface area contributed by atoms with Gasteiger partial charge in [-0.05, 0) is 62.8 Å². The van der Waals surface area contributed by atoms with Crippen LogP contribution in [0.3, 0.4) is 0 Å². The molecule has 1 saturated heterocycles. The summed E-state index contributed by atoms with van der Waals surface area (Å²) in [5, 5.41) is 3.63. The van der Waals surface area contributed by atoms with Crippen molar-refractivity contribution < 1.29 is 0 Å². The summed E-state index contributed by atoms with van der Waals surface area (Å²) < 4.78 is 0. The van der Waals surface area contributed by atoms with Crippen molar-refractivity contribution in [3.05, 3.63) is 35.9 Å². The lowest BCUT2D eigenvalue weighted by Gasteiger charge is -2.32. The van der Waals surface area contributed by atoms with E-state index in [0.717, 1.165) is 18.4 Å². The van der Waals surface area contributed by atoms with Crippen LogP contribution >= 0.6 is 0 Å². The van der Waals surface area contributed by atoms with Gasteiger partial charge in [0.25, 0.3) is 0 Å². The molecule has 0 unspecified atom stereocenters. The fourth-order valence-corrected chi connectivity index (χ4v) is 2.89. The zero-order chi connectivity index (χ0) is 14.2. The first-order valence-electron chi connectivity index (χ1n) is 8.21. The van der Waals surface area contributed by atoms with Crippen molar-refractivity contribution >= 4 is 0 Å². The van der Waals surface area contributed by atoms with E-state index in [0.29, 0.717) is 0 Å². The summed E-state index contributed by atoms with van der Waals surface area (Å²) in [4.78, 5) is 2.60. The lowest BCUT2D eigenvalue weighted by molar-refractivity contribution is 0.175. The molecule has 112 valence electrons. The summed E-state index contributed by atoms with van der Waals surface area (Å²) >= 11 is 0. The number of nitrogens with zero attached hydrogens (tertiary/aromatic N) is 1. The molecule has 2 heteroatoms. The van der Waals surface area contributed by atoms with Crippen LogP contribution in [0.2, 0.25) is 0 Å². The van der Waals surface area contributed by atoms with Crippen molar-refractivity contribution in [2.45, 2.75) is 39.7 Å². The minimum absolute atomic E-state index is 0.815. The Morgan fingerprint density at radius 3 is 2.50 bits per heavy atom. The Hall–Kier alpha value is -0.860. The Morgan fingerprint density at radius 1 is 1.15 bits per heavy atom. The molecule has 1 fully saturated rings. The van der Waals surface area contributed by atoms with Gasteiger partial charge < -0.3 is 5.32 Å². The van der Waals surface area contributed by atoms with E-state index in [1.807, 2.05) is 0 Å². The van der Waals surface area contributed by atoms with E-state index in [1.165, 1.54) is 51.0 Å². The third kappa shape index (κ3) is 5.64. The molecule has 1 N–H and O–H groups in total. The number of likely N-dealkylation sites (tertiary alicyclic amines) is 1. The first-order chi connectivity index (χ1) is 9.74. The van der Waals surface area contributed by atoms with E-state index in [2.05, 4.69) is 54.4 Å². The maximum Gasteiger partial charge on any atom is 0.0233 e. The molecule has 0 aliphatic carbocycles. The zero-order valence-electron chi connectivity index (χ0n) is 13.1. The monoisotopic (exact) mass is 274 g/mol. The van der Waals surface area contributed by atoms with E-state index < -0.39 is 0 Å². The van der Waals surface area contributed by atoms with Gasteiger partial charge in [0.1, 0.15) is 0 Å². The molecule has 0 bridgehead atoms. The molecule has 1 heterocycles. The molecular weight excluding hydrogens is 244 g/mol. The van der Waals surface area contributed by atoms with Crippen LogP contribution in [0.25, 0.3) is 0 Å². The van der Waals surface area contributed by atoms with Crippen LogP contribution in [0.5, 0.6) is 0 Å². The number of benzene rings is 1. The number of hydrogen-bond donors (Lipinski definition) is 1. The second kappa shape index (κ2) is 8.43. The first kappa shape index (κ1) is 15.5. The van der Waals surface area contributed by atoms with Crippen molar-refractivity contribution in [3.8, 4) is 0 Å². The average Bonchev–Trinajstić information content (AvgIpc) is 2.46. The minimum atomic E-state index is 0.815. The Kier molecular flexibility index (Phi) is 6.55. The molecule has 1 aliphatic rings. The maximum absolute atomic E-state index is 3.63. The molecule has 2 rings (SSSR count). The van der Waals surface area contributed by atoms with Gasteiger partial charge in [0.2, 0.25) is 0 Å². The van der Waals surface area contributed by atoms with Crippen molar-refractivity contribution in [3.63, 3.8) is 0 Å². The molecule has 0 spiro atoms. The third-order valence-corrected chi connectivity index (χ3v) is 4.29. The number of piperidine rings is 1. The highest BCUT2D eigenvalue weighted by Crippen LogP contribution is 2.18. The predicted molar refractivity (Wildman–Crippen MR) is 86.8 cm³/mol. The average molecular weight is 274 g/mol. The Bertz CT molecular complexity index is 353. The second-order valence-corrected chi connectivity index (χ2v) is 6.59. The predicted octanol–water partition coefficient (Wildman–Crippen LogP) is 3.53. The van der Waals surface area contributed by atoms with E-state index in [-0.39, 0.29) is 0 Å². The largest absolute Gasteiger partial charge is 0.316 e. The SMILES string of the molecule is CC(C)CCNCC1CCN(Cc2ccccc2)CC1. The highest BCUT2D eigenvalue weighted by atomic mass is 15.1. The lowest BCUT2D eigenvalue weighted by atomic mass is 9.96. The number of hydrogen-bond acceptors (Lipinski definition) is 2. The molecule has 20 heavy (non-hydrogen) atoms. The van der Waals surface area contributed by atoms with E-state index in [4.69, 9.17) is 0 Å². The summed E-state index contributed by atoms with van der Waals surface area (Å²) in [7, 11) is 0. The topological polar surface area (TPSA) is 15.3 Å². The quantitative estimate of drug-likeness (QED) is 0.765. The van der Waals surface area contributed by atoms with Gasteiger partial charge in [-0.15, -0.1) is 0 Å². The van der Waals surface area contributed by atoms with Crippen LogP contribution in [0.15, 0.2) is 30.3 Å². The van der Waals surface area contributed by atoms with E-state index >= 15 is 0 Å².